The Hall–Kier alpha value is -2.61. The number of benzene rings is 2. The zero-order valence-corrected chi connectivity index (χ0v) is 18.7. The third-order valence-corrected chi connectivity index (χ3v) is 8.91. The van der Waals surface area contributed by atoms with E-state index in [0.29, 0.717) is 43.7 Å². The molecule has 0 amide bonds. The van der Waals surface area contributed by atoms with Crippen LogP contribution in [-0.2, 0) is 18.4 Å². The molecule has 7 heteroatoms. The Morgan fingerprint density at radius 3 is 2.91 bits per heavy atom. The first-order valence-electron chi connectivity index (χ1n) is 11.8. The van der Waals surface area contributed by atoms with Crippen molar-refractivity contribution < 1.29 is 24.4 Å². The van der Waals surface area contributed by atoms with Crippen molar-refractivity contribution in [3.05, 3.63) is 58.0 Å². The number of ether oxygens (including phenoxy) is 1. The van der Waals surface area contributed by atoms with Crippen LogP contribution < -0.4 is 10.1 Å². The fraction of sp³-hybridized carbons (Fsp3) is 0.462. The largest absolute Gasteiger partial charge is 0.504 e. The molecule has 33 heavy (non-hydrogen) atoms. The van der Waals surface area contributed by atoms with Crippen LogP contribution in [0.3, 0.4) is 0 Å². The van der Waals surface area contributed by atoms with Crippen LogP contribution in [0.5, 0.6) is 11.5 Å². The summed E-state index contributed by atoms with van der Waals surface area (Å²) >= 11 is 0. The molecule has 6 nitrogen and oxygen atoms in total. The Balaban J connectivity index is 1.62. The number of aromatic hydroxyl groups is 1. The summed E-state index contributed by atoms with van der Waals surface area (Å²) in [6.45, 7) is 5.30. The summed E-state index contributed by atoms with van der Waals surface area (Å²) < 4.78 is 23.5. The quantitative estimate of drug-likeness (QED) is 0.422. The summed E-state index contributed by atoms with van der Waals surface area (Å²) in [5, 5.41) is 38.1. The molecule has 1 spiro atoms. The van der Waals surface area contributed by atoms with E-state index >= 15 is 0 Å². The summed E-state index contributed by atoms with van der Waals surface area (Å²) in [5.41, 5.74) is 3.17. The number of piperidine rings is 1. The van der Waals surface area contributed by atoms with Crippen molar-refractivity contribution in [2.24, 2.45) is 0 Å². The molecule has 0 unspecified atom stereocenters. The van der Waals surface area contributed by atoms with E-state index in [1.165, 1.54) is 12.1 Å². The van der Waals surface area contributed by atoms with Crippen LogP contribution in [0.25, 0.3) is 10.9 Å². The number of aliphatic hydroxyl groups is 2. The third kappa shape index (κ3) is 2.10. The van der Waals surface area contributed by atoms with E-state index in [0.717, 1.165) is 33.3 Å². The van der Waals surface area contributed by atoms with Gasteiger partial charge in [-0.2, -0.15) is 0 Å². The van der Waals surface area contributed by atoms with Crippen LogP contribution in [0.2, 0.25) is 0 Å². The lowest BCUT2D eigenvalue weighted by Gasteiger charge is -2.57. The van der Waals surface area contributed by atoms with Gasteiger partial charge in [-0.3, -0.25) is 0 Å². The molecule has 2 aromatic carbocycles. The minimum Gasteiger partial charge on any atom is -0.504 e. The van der Waals surface area contributed by atoms with Gasteiger partial charge < -0.3 is 29.9 Å². The second-order valence-corrected chi connectivity index (χ2v) is 10.3. The first-order chi connectivity index (χ1) is 15.8. The molecule has 1 saturated heterocycles. The summed E-state index contributed by atoms with van der Waals surface area (Å²) in [6, 6.07) is 6.25. The number of nitrogens with one attached hydrogen (secondary N) is 1. The standard InChI is InChI=1S/C26H27FN2O4/c1-12-3-4-19(31)23-20(12)25-6-7-28-13(2)26(25,32)11-17-15-9-14(27)10-16-18(30)5-8-29(21(15)16)22(17)24(25)33-23/h3-4,9-10,13,18,24,28,30-32H,5-8,11H2,1-2H3/t13-,18+,24+,25+,26-/m1/s1. The Labute approximate surface area is 190 Å². The van der Waals surface area contributed by atoms with Crippen LogP contribution >= 0.6 is 0 Å². The Morgan fingerprint density at radius 2 is 2.09 bits per heavy atom. The van der Waals surface area contributed by atoms with E-state index in [1.54, 1.807) is 6.07 Å². The second kappa shape index (κ2) is 6.09. The van der Waals surface area contributed by atoms with E-state index in [2.05, 4.69) is 9.88 Å². The van der Waals surface area contributed by atoms with Gasteiger partial charge >= 0.3 is 0 Å². The number of nitrogens with zero attached hydrogens (tertiary/aromatic N) is 1. The number of aryl methyl sites for hydroxylation is 2. The van der Waals surface area contributed by atoms with Crippen LogP contribution in [0.1, 0.15) is 59.9 Å². The predicted molar refractivity (Wildman–Crippen MR) is 120 cm³/mol. The highest BCUT2D eigenvalue weighted by Crippen LogP contribution is 2.66. The van der Waals surface area contributed by atoms with Crippen molar-refractivity contribution in [3.63, 3.8) is 0 Å². The lowest BCUT2D eigenvalue weighted by Crippen LogP contribution is -2.70. The summed E-state index contributed by atoms with van der Waals surface area (Å²) in [6.07, 6.45) is 0.246. The molecular formula is C26H27FN2O4. The third-order valence-electron chi connectivity index (χ3n) is 8.91. The molecule has 4 heterocycles. The first kappa shape index (κ1) is 19.8. The van der Waals surface area contributed by atoms with Gasteiger partial charge in [0.1, 0.15) is 5.82 Å². The number of aliphatic hydroxyl groups excluding tert-OH is 1. The Bertz CT molecular complexity index is 1370. The number of rotatable bonds is 0. The van der Waals surface area contributed by atoms with Crippen molar-refractivity contribution in [1.82, 2.24) is 9.88 Å². The van der Waals surface area contributed by atoms with Gasteiger partial charge in [0.25, 0.3) is 0 Å². The molecule has 4 N–H and O–H groups in total. The van der Waals surface area contributed by atoms with Gasteiger partial charge in [0.15, 0.2) is 17.6 Å². The topological polar surface area (TPSA) is 86.9 Å². The SMILES string of the molecule is Cc1ccc(O)c2c1[C@]13CCN[C@H](C)[C@]1(O)Cc1c(n4c5c(cc(F)cc15)[C@@H](O)CC4)[C@@H]3O2. The maximum absolute atomic E-state index is 14.7. The molecule has 3 aliphatic heterocycles. The second-order valence-electron chi connectivity index (χ2n) is 10.3. The van der Waals surface area contributed by atoms with Gasteiger partial charge in [-0.1, -0.05) is 6.07 Å². The van der Waals surface area contributed by atoms with Gasteiger partial charge in [-0.15, -0.1) is 0 Å². The van der Waals surface area contributed by atoms with Crippen molar-refractivity contribution in [2.75, 3.05) is 6.54 Å². The summed E-state index contributed by atoms with van der Waals surface area (Å²) in [4.78, 5) is 0. The van der Waals surface area contributed by atoms with E-state index < -0.39 is 23.2 Å². The Kier molecular flexibility index (Phi) is 3.66. The molecule has 4 aliphatic rings. The van der Waals surface area contributed by atoms with E-state index in [4.69, 9.17) is 4.74 Å². The molecule has 3 aromatic rings. The number of hydrogen-bond donors (Lipinski definition) is 4. The van der Waals surface area contributed by atoms with Crippen LogP contribution in [-0.4, -0.2) is 38.1 Å². The fourth-order valence-corrected chi connectivity index (χ4v) is 7.47. The van der Waals surface area contributed by atoms with Gasteiger partial charge in [0, 0.05) is 35.5 Å². The maximum atomic E-state index is 14.7. The van der Waals surface area contributed by atoms with Crippen LogP contribution in [0, 0.1) is 12.7 Å². The maximum Gasteiger partial charge on any atom is 0.166 e. The fourth-order valence-electron chi connectivity index (χ4n) is 7.47. The van der Waals surface area contributed by atoms with Crippen molar-refractivity contribution >= 4 is 10.9 Å². The van der Waals surface area contributed by atoms with Gasteiger partial charge in [0.2, 0.25) is 0 Å². The average Bonchev–Trinajstić information content (AvgIpc) is 3.28. The molecule has 7 rings (SSSR count). The molecular weight excluding hydrogens is 423 g/mol. The number of aromatic nitrogens is 1. The number of hydrogen-bond acceptors (Lipinski definition) is 5. The lowest BCUT2D eigenvalue weighted by atomic mass is 9.53. The minimum absolute atomic E-state index is 0.0753. The van der Waals surface area contributed by atoms with E-state index in [1.807, 2.05) is 19.9 Å². The molecule has 1 fully saturated rings. The van der Waals surface area contributed by atoms with Crippen LogP contribution in [0.4, 0.5) is 4.39 Å². The predicted octanol–water partition coefficient (Wildman–Crippen LogP) is 3.27. The molecule has 5 atom stereocenters. The highest BCUT2D eigenvalue weighted by molar-refractivity contribution is 5.90. The summed E-state index contributed by atoms with van der Waals surface area (Å²) in [5.74, 6) is 0.133. The van der Waals surface area contributed by atoms with Gasteiger partial charge in [0.05, 0.1) is 28.3 Å². The highest BCUT2D eigenvalue weighted by atomic mass is 19.1. The molecule has 0 radical (unpaired) electrons. The van der Waals surface area contributed by atoms with Crippen molar-refractivity contribution in [3.8, 4) is 11.5 Å². The smallest absolute Gasteiger partial charge is 0.166 e. The number of fused-ring (bicyclic) bond motifs is 5. The monoisotopic (exact) mass is 450 g/mol. The van der Waals surface area contributed by atoms with Crippen molar-refractivity contribution in [2.45, 2.75) is 68.9 Å². The molecule has 1 aliphatic carbocycles. The van der Waals surface area contributed by atoms with Gasteiger partial charge in [-0.05, 0) is 62.6 Å². The van der Waals surface area contributed by atoms with Crippen LogP contribution in [0.15, 0.2) is 24.3 Å². The molecule has 1 aromatic heterocycles. The molecule has 0 bridgehead atoms. The lowest BCUT2D eigenvalue weighted by molar-refractivity contribution is -0.125. The van der Waals surface area contributed by atoms with E-state index in [9.17, 15) is 19.7 Å². The normalized spacial score (nSPS) is 33.8. The van der Waals surface area contributed by atoms with E-state index in [-0.39, 0.29) is 17.6 Å². The Morgan fingerprint density at radius 1 is 1.27 bits per heavy atom. The number of halogens is 1. The molecule has 172 valence electrons. The van der Waals surface area contributed by atoms with Crippen molar-refractivity contribution in [1.29, 1.82) is 0 Å². The average molecular weight is 451 g/mol. The number of phenols is 1. The summed E-state index contributed by atoms with van der Waals surface area (Å²) in [7, 11) is 0. The zero-order valence-electron chi connectivity index (χ0n) is 18.7. The zero-order chi connectivity index (χ0) is 22.9. The van der Waals surface area contributed by atoms with Gasteiger partial charge in [-0.25, -0.2) is 4.39 Å². The first-order valence-corrected chi connectivity index (χ1v) is 11.8. The highest BCUT2D eigenvalue weighted by Gasteiger charge is 2.69. The minimum atomic E-state index is -1.20. The molecule has 0 saturated carbocycles. The number of phenolic OH excluding ortho intramolecular Hbond substituents is 1.